The van der Waals surface area contributed by atoms with Crippen LogP contribution < -0.4 is 5.32 Å². The number of carbonyl (C=O) groups excluding carboxylic acids is 1. The average Bonchev–Trinajstić information content (AvgIpc) is 2.14. The van der Waals surface area contributed by atoms with Gasteiger partial charge in [0.05, 0.1) is 16.7 Å². The molecule has 0 aliphatic carbocycles. The Morgan fingerprint density at radius 1 is 1.64 bits per heavy atom. The van der Waals surface area contributed by atoms with Gasteiger partial charge in [0.25, 0.3) is 5.91 Å². The highest BCUT2D eigenvalue weighted by Gasteiger charge is 2.09. The van der Waals surface area contributed by atoms with Crippen LogP contribution in [0.4, 0.5) is 4.39 Å². The summed E-state index contributed by atoms with van der Waals surface area (Å²) in [4.78, 5) is 11.3. The second-order valence-corrected chi connectivity index (χ2v) is 2.87. The molecule has 0 saturated heterocycles. The molecule has 1 aromatic carbocycles. The fourth-order valence-corrected chi connectivity index (χ4v) is 1.14. The van der Waals surface area contributed by atoms with Gasteiger partial charge < -0.3 is 5.32 Å². The molecular weight excluding hydrogens is 207 g/mol. The highest BCUT2D eigenvalue weighted by Crippen LogP contribution is 2.16. The third kappa shape index (κ3) is 2.44. The molecule has 1 amide bonds. The predicted molar refractivity (Wildman–Crippen MR) is 49.4 cm³/mol. The summed E-state index contributed by atoms with van der Waals surface area (Å²) in [6, 6.07) is 5.19. The molecular formula is C9H6ClFN2O. The number of hydrogen-bond acceptors (Lipinski definition) is 2. The molecule has 3 nitrogen and oxygen atoms in total. The molecule has 0 spiro atoms. The van der Waals surface area contributed by atoms with Crippen LogP contribution in [0.15, 0.2) is 18.2 Å². The van der Waals surface area contributed by atoms with Crippen LogP contribution in [0.25, 0.3) is 0 Å². The topological polar surface area (TPSA) is 52.9 Å². The monoisotopic (exact) mass is 212 g/mol. The number of hydrogen-bond donors (Lipinski definition) is 1. The molecule has 0 aromatic heterocycles. The molecule has 0 aliphatic heterocycles. The van der Waals surface area contributed by atoms with Gasteiger partial charge in [0, 0.05) is 0 Å². The van der Waals surface area contributed by atoms with Gasteiger partial charge in [-0.2, -0.15) is 5.26 Å². The van der Waals surface area contributed by atoms with Crippen LogP contribution in [-0.2, 0) is 0 Å². The maximum atomic E-state index is 12.6. The summed E-state index contributed by atoms with van der Waals surface area (Å²) in [7, 11) is 0. The summed E-state index contributed by atoms with van der Waals surface area (Å²) in [6.45, 7) is -0.105. The fraction of sp³-hybridized carbons (Fsp3) is 0.111. The molecule has 5 heteroatoms. The second kappa shape index (κ2) is 4.58. The standard InChI is InChI=1S/C9H6ClFN2O/c10-8-5-6(11)1-2-7(8)9(14)13-4-3-12/h1-2,5H,4H2,(H,13,14). The van der Waals surface area contributed by atoms with E-state index in [0.717, 1.165) is 12.1 Å². The first kappa shape index (κ1) is 10.5. The molecule has 0 unspecified atom stereocenters. The molecule has 1 rings (SSSR count). The summed E-state index contributed by atoms with van der Waals surface area (Å²) < 4.78 is 12.6. The van der Waals surface area contributed by atoms with Crippen molar-refractivity contribution in [2.45, 2.75) is 0 Å². The second-order valence-electron chi connectivity index (χ2n) is 2.46. The van der Waals surface area contributed by atoms with Gasteiger partial charge in [-0.3, -0.25) is 4.79 Å². The number of nitrogens with one attached hydrogen (secondary N) is 1. The largest absolute Gasteiger partial charge is 0.339 e. The van der Waals surface area contributed by atoms with Crippen molar-refractivity contribution < 1.29 is 9.18 Å². The van der Waals surface area contributed by atoms with Crippen LogP contribution in [0.5, 0.6) is 0 Å². The highest BCUT2D eigenvalue weighted by atomic mass is 35.5. The van der Waals surface area contributed by atoms with Crippen LogP contribution in [0.3, 0.4) is 0 Å². The van der Waals surface area contributed by atoms with Crippen molar-refractivity contribution in [3.8, 4) is 6.07 Å². The van der Waals surface area contributed by atoms with E-state index in [-0.39, 0.29) is 17.1 Å². The van der Waals surface area contributed by atoms with Gasteiger partial charge in [-0.25, -0.2) is 4.39 Å². The third-order valence-corrected chi connectivity index (χ3v) is 1.82. The van der Waals surface area contributed by atoms with Crippen molar-refractivity contribution in [3.05, 3.63) is 34.6 Å². The summed E-state index contributed by atoms with van der Waals surface area (Å²) in [5, 5.41) is 10.5. The van der Waals surface area contributed by atoms with Gasteiger partial charge in [0.15, 0.2) is 0 Å². The Bertz CT molecular complexity index is 400. The van der Waals surface area contributed by atoms with Crippen molar-refractivity contribution in [2.24, 2.45) is 0 Å². The number of carbonyl (C=O) groups is 1. The van der Waals surface area contributed by atoms with E-state index in [1.54, 1.807) is 6.07 Å². The minimum Gasteiger partial charge on any atom is -0.339 e. The molecule has 1 aromatic rings. The Morgan fingerprint density at radius 3 is 2.93 bits per heavy atom. The molecule has 1 N–H and O–H groups in total. The normalized spacial score (nSPS) is 9.21. The lowest BCUT2D eigenvalue weighted by Gasteiger charge is -2.02. The molecule has 0 fully saturated rings. The Labute approximate surface area is 85.1 Å². The zero-order valence-corrected chi connectivity index (χ0v) is 7.81. The molecule has 0 bridgehead atoms. The Morgan fingerprint density at radius 2 is 2.36 bits per heavy atom. The van der Waals surface area contributed by atoms with Crippen LogP contribution in [-0.4, -0.2) is 12.5 Å². The molecule has 0 aliphatic rings. The minimum atomic E-state index is -0.508. The average molecular weight is 213 g/mol. The quantitative estimate of drug-likeness (QED) is 0.759. The van der Waals surface area contributed by atoms with Crippen molar-refractivity contribution in [1.29, 1.82) is 5.26 Å². The van der Waals surface area contributed by atoms with Gasteiger partial charge in [-0.05, 0) is 18.2 Å². The lowest BCUT2D eigenvalue weighted by atomic mass is 10.2. The number of benzene rings is 1. The molecule has 0 saturated carbocycles. The number of halogens is 2. The smallest absolute Gasteiger partial charge is 0.253 e. The van der Waals surface area contributed by atoms with Crippen LogP contribution in [0.1, 0.15) is 10.4 Å². The van der Waals surface area contributed by atoms with Crippen molar-refractivity contribution in [1.82, 2.24) is 5.32 Å². The molecule has 72 valence electrons. The Kier molecular flexibility index (Phi) is 3.43. The zero-order chi connectivity index (χ0) is 10.6. The van der Waals surface area contributed by atoms with Crippen LogP contribution >= 0.6 is 11.6 Å². The van der Waals surface area contributed by atoms with Crippen LogP contribution in [0, 0.1) is 17.1 Å². The van der Waals surface area contributed by atoms with E-state index >= 15 is 0 Å². The van der Waals surface area contributed by atoms with Crippen molar-refractivity contribution >= 4 is 17.5 Å². The lowest BCUT2D eigenvalue weighted by molar-refractivity contribution is 0.0958. The minimum absolute atomic E-state index is 0.0282. The summed E-state index contributed by atoms with van der Waals surface area (Å²) >= 11 is 5.62. The maximum absolute atomic E-state index is 12.6. The van der Waals surface area contributed by atoms with E-state index in [1.165, 1.54) is 6.07 Å². The summed E-state index contributed by atoms with van der Waals surface area (Å²) in [5.41, 5.74) is 0.156. The first-order chi connectivity index (χ1) is 6.65. The molecule has 0 atom stereocenters. The molecule has 14 heavy (non-hydrogen) atoms. The number of nitrogens with zero attached hydrogens (tertiary/aromatic N) is 1. The number of amides is 1. The number of nitriles is 1. The summed E-state index contributed by atoms with van der Waals surface area (Å²) in [6.07, 6.45) is 0. The van der Waals surface area contributed by atoms with Gasteiger partial charge in [0.2, 0.25) is 0 Å². The Hall–Kier alpha value is -1.60. The predicted octanol–water partition coefficient (Wildman–Crippen LogP) is 1.73. The van der Waals surface area contributed by atoms with E-state index in [0.29, 0.717) is 0 Å². The first-order valence-electron chi connectivity index (χ1n) is 3.75. The number of rotatable bonds is 2. The van der Waals surface area contributed by atoms with Crippen molar-refractivity contribution in [3.63, 3.8) is 0 Å². The van der Waals surface area contributed by atoms with Gasteiger partial charge in [-0.1, -0.05) is 11.6 Å². The van der Waals surface area contributed by atoms with Crippen molar-refractivity contribution in [2.75, 3.05) is 6.54 Å². The van der Waals surface area contributed by atoms with Gasteiger partial charge in [0.1, 0.15) is 12.4 Å². The SMILES string of the molecule is N#CCNC(=O)c1ccc(F)cc1Cl. The highest BCUT2D eigenvalue weighted by molar-refractivity contribution is 6.33. The Balaban J connectivity index is 2.86. The van der Waals surface area contributed by atoms with Gasteiger partial charge >= 0.3 is 0 Å². The summed E-state index contributed by atoms with van der Waals surface area (Å²) in [5.74, 6) is -0.997. The fourth-order valence-electron chi connectivity index (χ4n) is 0.889. The van der Waals surface area contributed by atoms with E-state index in [9.17, 15) is 9.18 Å². The zero-order valence-electron chi connectivity index (χ0n) is 7.05. The van der Waals surface area contributed by atoms with E-state index in [2.05, 4.69) is 5.32 Å². The van der Waals surface area contributed by atoms with Gasteiger partial charge in [-0.15, -0.1) is 0 Å². The maximum Gasteiger partial charge on any atom is 0.253 e. The first-order valence-corrected chi connectivity index (χ1v) is 4.13. The van der Waals surface area contributed by atoms with E-state index in [1.807, 2.05) is 0 Å². The van der Waals surface area contributed by atoms with E-state index in [4.69, 9.17) is 16.9 Å². The van der Waals surface area contributed by atoms with Crippen LogP contribution in [0.2, 0.25) is 5.02 Å². The molecule has 0 heterocycles. The van der Waals surface area contributed by atoms with E-state index < -0.39 is 11.7 Å². The molecule has 0 radical (unpaired) electrons. The lowest BCUT2D eigenvalue weighted by Crippen LogP contribution is -2.23. The third-order valence-electron chi connectivity index (χ3n) is 1.50.